The van der Waals surface area contributed by atoms with Crippen LogP contribution in [0.15, 0.2) is 89.8 Å². The van der Waals surface area contributed by atoms with Gasteiger partial charge in [-0.05, 0) is 62.6 Å². The molecule has 0 unspecified atom stereocenters. The highest BCUT2D eigenvalue weighted by molar-refractivity contribution is 7.89. The van der Waals surface area contributed by atoms with Crippen LogP contribution in [0.1, 0.15) is 63.5 Å². The average Bonchev–Trinajstić information content (AvgIpc) is 3.04. The standard InChI is InChI=1S/C35H43F2N3O7S/c1-5-47-33(42)29(40(24(2)3)48(44,45)28-20-18-27(38)19-21-28)23-35(36,37)22-12-17-30(41)32(39-34(43)46-4)31(25-13-8-6-9-14-25)26-15-10-7-11-16-26/h6-11,13-16,18-21,24,29,31-32H,5,12,17,22-23,38H2,1-4H3,(H,39,43)/t29-,32+/m0/s1. The molecule has 10 nitrogen and oxygen atoms in total. The maximum absolute atomic E-state index is 15.7. The Labute approximate surface area is 280 Å². The summed E-state index contributed by atoms with van der Waals surface area (Å²) in [5.74, 6) is -5.85. The van der Waals surface area contributed by atoms with Crippen LogP contribution in [0.3, 0.4) is 0 Å². The van der Waals surface area contributed by atoms with E-state index in [9.17, 15) is 22.8 Å². The van der Waals surface area contributed by atoms with Crippen LogP contribution in [0.25, 0.3) is 0 Å². The number of nitrogens with zero attached hydrogens (tertiary/aromatic N) is 1. The van der Waals surface area contributed by atoms with Gasteiger partial charge in [-0.2, -0.15) is 4.31 Å². The molecule has 3 aromatic carbocycles. The number of benzene rings is 3. The van der Waals surface area contributed by atoms with Gasteiger partial charge in [-0.15, -0.1) is 0 Å². The summed E-state index contributed by atoms with van der Waals surface area (Å²) in [5, 5.41) is 2.59. The summed E-state index contributed by atoms with van der Waals surface area (Å²) in [6.45, 7) is 4.29. The molecule has 0 aliphatic heterocycles. The van der Waals surface area contributed by atoms with Gasteiger partial charge in [-0.25, -0.2) is 22.0 Å². The molecule has 0 radical (unpaired) electrons. The normalized spacial score (nSPS) is 13.3. The van der Waals surface area contributed by atoms with E-state index in [1.54, 1.807) is 48.5 Å². The Bertz CT molecular complexity index is 1570. The Morgan fingerprint density at radius 1 is 0.917 bits per heavy atom. The highest BCUT2D eigenvalue weighted by atomic mass is 32.2. The van der Waals surface area contributed by atoms with Gasteiger partial charge in [0.1, 0.15) is 12.1 Å². The number of carbonyl (C=O) groups is 3. The molecule has 0 aliphatic rings. The van der Waals surface area contributed by atoms with E-state index in [0.717, 1.165) is 22.5 Å². The number of nitrogens with one attached hydrogen (secondary N) is 1. The summed E-state index contributed by atoms with van der Waals surface area (Å²) in [7, 11) is -3.28. The van der Waals surface area contributed by atoms with Gasteiger partial charge in [0.2, 0.25) is 15.9 Å². The van der Waals surface area contributed by atoms with E-state index >= 15 is 8.78 Å². The fourth-order valence-corrected chi connectivity index (χ4v) is 7.35. The second-order valence-electron chi connectivity index (χ2n) is 11.6. The van der Waals surface area contributed by atoms with Crippen molar-refractivity contribution < 1.29 is 41.1 Å². The number of hydrogen-bond donors (Lipinski definition) is 2. The molecule has 1 amide bonds. The molecule has 260 valence electrons. The van der Waals surface area contributed by atoms with Crippen molar-refractivity contribution in [3.8, 4) is 0 Å². The Balaban J connectivity index is 1.86. The summed E-state index contributed by atoms with van der Waals surface area (Å²) < 4.78 is 69.3. The van der Waals surface area contributed by atoms with Crippen molar-refractivity contribution in [3.63, 3.8) is 0 Å². The number of hydrogen-bond acceptors (Lipinski definition) is 8. The van der Waals surface area contributed by atoms with Crippen LogP contribution in [0.5, 0.6) is 0 Å². The molecule has 13 heteroatoms. The van der Waals surface area contributed by atoms with Crippen molar-refractivity contribution in [2.45, 2.75) is 81.3 Å². The topological polar surface area (TPSA) is 145 Å². The molecule has 0 spiro atoms. The number of halogens is 2. The van der Waals surface area contributed by atoms with Crippen LogP contribution in [-0.4, -0.2) is 68.3 Å². The van der Waals surface area contributed by atoms with Crippen molar-refractivity contribution in [1.29, 1.82) is 0 Å². The minimum Gasteiger partial charge on any atom is -0.465 e. The van der Waals surface area contributed by atoms with Crippen LogP contribution in [-0.2, 0) is 29.1 Å². The summed E-state index contributed by atoms with van der Waals surface area (Å²) >= 11 is 0. The number of carbonyl (C=O) groups excluding carboxylic acids is 3. The van der Waals surface area contributed by atoms with Crippen molar-refractivity contribution in [3.05, 3.63) is 96.1 Å². The number of alkyl carbamates (subject to hydrolysis) is 1. The van der Waals surface area contributed by atoms with E-state index in [-0.39, 0.29) is 24.3 Å². The number of anilines is 1. The quantitative estimate of drug-likeness (QED) is 0.131. The van der Waals surface area contributed by atoms with E-state index in [0.29, 0.717) is 5.69 Å². The van der Waals surface area contributed by atoms with E-state index < -0.39 is 70.7 Å². The molecule has 0 heterocycles. The van der Waals surface area contributed by atoms with E-state index in [1.165, 1.54) is 45.0 Å². The lowest BCUT2D eigenvalue weighted by molar-refractivity contribution is -0.152. The number of sulfonamides is 1. The highest BCUT2D eigenvalue weighted by Crippen LogP contribution is 2.34. The first-order chi connectivity index (χ1) is 22.7. The predicted octanol–water partition coefficient (Wildman–Crippen LogP) is 5.92. The van der Waals surface area contributed by atoms with Crippen LogP contribution < -0.4 is 11.1 Å². The Morgan fingerprint density at radius 3 is 1.94 bits per heavy atom. The molecule has 0 aliphatic carbocycles. The van der Waals surface area contributed by atoms with Crippen LogP contribution in [0, 0.1) is 0 Å². The second kappa shape index (κ2) is 17.2. The van der Waals surface area contributed by atoms with Gasteiger partial charge in [-0.1, -0.05) is 60.7 Å². The monoisotopic (exact) mass is 687 g/mol. The molecule has 3 N–H and O–H groups in total. The second-order valence-corrected chi connectivity index (χ2v) is 13.4. The predicted molar refractivity (Wildman–Crippen MR) is 178 cm³/mol. The number of ketones is 1. The van der Waals surface area contributed by atoms with Crippen molar-refractivity contribution in [1.82, 2.24) is 9.62 Å². The third-order valence-corrected chi connectivity index (χ3v) is 9.84. The van der Waals surface area contributed by atoms with Gasteiger partial charge < -0.3 is 20.5 Å². The molecule has 0 saturated carbocycles. The first-order valence-corrected chi connectivity index (χ1v) is 17.1. The minimum atomic E-state index is -4.44. The molecular formula is C35H43F2N3O7S. The average molecular weight is 688 g/mol. The number of rotatable bonds is 17. The third-order valence-electron chi connectivity index (χ3n) is 7.74. The lowest BCUT2D eigenvalue weighted by Crippen LogP contribution is -2.51. The Hall–Kier alpha value is -4.36. The zero-order chi connectivity index (χ0) is 35.5. The molecule has 0 bridgehead atoms. The first-order valence-electron chi connectivity index (χ1n) is 15.6. The lowest BCUT2D eigenvalue weighted by atomic mass is 9.82. The van der Waals surface area contributed by atoms with E-state index in [1.807, 2.05) is 12.1 Å². The zero-order valence-electron chi connectivity index (χ0n) is 27.5. The fourth-order valence-electron chi connectivity index (χ4n) is 5.58. The number of ether oxygens (including phenoxy) is 2. The summed E-state index contributed by atoms with van der Waals surface area (Å²) in [5.41, 5.74) is 7.44. The molecule has 3 aromatic rings. The van der Waals surface area contributed by atoms with Gasteiger partial charge in [0.05, 0.1) is 18.6 Å². The van der Waals surface area contributed by atoms with Crippen molar-refractivity contribution in [2.75, 3.05) is 19.5 Å². The van der Waals surface area contributed by atoms with Crippen LogP contribution in [0.2, 0.25) is 0 Å². The first kappa shape index (κ1) is 38.1. The van der Waals surface area contributed by atoms with E-state index in [2.05, 4.69) is 5.32 Å². The summed E-state index contributed by atoms with van der Waals surface area (Å²) in [6.07, 6.45) is -3.53. The molecule has 0 aromatic heterocycles. The number of alkyl halides is 2. The van der Waals surface area contributed by atoms with Crippen LogP contribution in [0.4, 0.5) is 19.3 Å². The minimum absolute atomic E-state index is 0.151. The van der Waals surface area contributed by atoms with Gasteiger partial charge in [0, 0.05) is 36.9 Å². The van der Waals surface area contributed by atoms with Gasteiger partial charge >= 0.3 is 12.1 Å². The number of methoxy groups -OCH3 is 1. The van der Waals surface area contributed by atoms with Crippen LogP contribution >= 0.6 is 0 Å². The van der Waals surface area contributed by atoms with Gasteiger partial charge in [-0.3, -0.25) is 9.59 Å². The van der Waals surface area contributed by atoms with E-state index in [4.69, 9.17) is 15.2 Å². The summed E-state index contributed by atoms with van der Waals surface area (Å²) in [4.78, 5) is 38.9. The van der Waals surface area contributed by atoms with Gasteiger partial charge in [0.25, 0.3) is 0 Å². The maximum atomic E-state index is 15.7. The number of amides is 1. The number of Topliss-reactive ketones (excluding diaryl/α,β-unsaturated/α-hetero) is 1. The van der Waals surface area contributed by atoms with Crippen molar-refractivity contribution in [2.24, 2.45) is 0 Å². The number of nitrogens with two attached hydrogens (primary N) is 1. The number of nitrogen functional groups attached to an aromatic ring is 1. The molecule has 2 atom stereocenters. The molecule has 3 rings (SSSR count). The largest absolute Gasteiger partial charge is 0.465 e. The lowest BCUT2D eigenvalue weighted by Gasteiger charge is -2.34. The molecule has 48 heavy (non-hydrogen) atoms. The number of esters is 1. The third kappa shape index (κ3) is 10.1. The van der Waals surface area contributed by atoms with Gasteiger partial charge in [0.15, 0.2) is 5.78 Å². The Kier molecular flexibility index (Phi) is 13.6. The summed E-state index contributed by atoms with van der Waals surface area (Å²) in [6, 6.07) is 19.3. The fraction of sp³-hybridized carbons (Fsp3) is 0.400. The molecule has 0 fully saturated rings. The molecular weight excluding hydrogens is 644 g/mol. The molecule has 0 saturated heterocycles. The van der Waals surface area contributed by atoms with Crippen molar-refractivity contribution >= 4 is 33.6 Å². The smallest absolute Gasteiger partial charge is 0.407 e. The zero-order valence-corrected chi connectivity index (χ0v) is 28.3. The highest BCUT2D eigenvalue weighted by Gasteiger charge is 2.45. The maximum Gasteiger partial charge on any atom is 0.407 e. The Morgan fingerprint density at radius 2 is 1.46 bits per heavy atom. The SMILES string of the molecule is CCOC(=O)[C@H](CC(F)(F)CCCC(=O)[C@@H](NC(=O)OC)C(c1ccccc1)c1ccccc1)N(C(C)C)S(=O)(=O)c1ccc(N)cc1.